The molecule has 0 aliphatic carbocycles. The first-order chi connectivity index (χ1) is 23.7. The van der Waals surface area contributed by atoms with Crippen LogP contribution in [0.2, 0.25) is 0 Å². The average Bonchev–Trinajstić information content (AvgIpc) is 3.09. The Bertz CT molecular complexity index is 802. The van der Waals surface area contributed by atoms with Gasteiger partial charge in [0.1, 0.15) is 19.0 Å². The fourth-order valence-corrected chi connectivity index (χ4v) is 3.98. The number of esters is 1. The van der Waals surface area contributed by atoms with Gasteiger partial charge in [-0.25, -0.2) is 0 Å². The summed E-state index contributed by atoms with van der Waals surface area (Å²) < 4.78 is 60.0. The number of nitrogen functional groups attached to an aromatic ring is 1. The lowest BCUT2D eigenvalue weighted by Crippen LogP contribution is -2.15. The molecule has 0 aromatic heterocycles. The van der Waals surface area contributed by atoms with Crippen LogP contribution in [0.3, 0.4) is 0 Å². The molecule has 0 saturated heterocycles. The summed E-state index contributed by atoms with van der Waals surface area (Å²) in [6, 6.07) is 7.26. The lowest BCUT2D eigenvalue weighted by Gasteiger charge is -2.09. The normalized spacial score (nSPS) is 11.3. The summed E-state index contributed by atoms with van der Waals surface area (Å²) in [5, 5.41) is 0. The SMILES string of the molecule is CCCCCCCCC(=O)OCCOCCOCCOCCOCCOCCOCCOCCOCCOCCOc1ccc(N)cc1. The van der Waals surface area contributed by atoms with E-state index in [1.54, 1.807) is 12.1 Å². The van der Waals surface area contributed by atoms with E-state index in [0.717, 1.165) is 18.6 Å². The van der Waals surface area contributed by atoms with Gasteiger partial charge in [0.25, 0.3) is 0 Å². The Hall–Kier alpha value is -2.07. The molecule has 0 aliphatic heterocycles. The van der Waals surface area contributed by atoms with Gasteiger partial charge in [-0.1, -0.05) is 39.0 Å². The number of unbranched alkanes of at least 4 members (excludes halogenated alkanes) is 5. The highest BCUT2D eigenvalue weighted by Crippen LogP contribution is 2.12. The number of hydrogen-bond donors (Lipinski definition) is 1. The minimum Gasteiger partial charge on any atom is -0.491 e. The topological polar surface area (TPSA) is 145 Å². The molecule has 1 aromatic rings. The maximum atomic E-state index is 11.7. The summed E-state index contributed by atoms with van der Waals surface area (Å²) in [5.41, 5.74) is 6.35. The van der Waals surface area contributed by atoms with E-state index in [-0.39, 0.29) is 12.6 Å². The van der Waals surface area contributed by atoms with Crippen LogP contribution in [0.5, 0.6) is 5.75 Å². The molecular weight excluding hydrogens is 626 g/mol. The van der Waals surface area contributed by atoms with Crippen LogP contribution in [0.4, 0.5) is 5.69 Å². The van der Waals surface area contributed by atoms with E-state index in [1.807, 2.05) is 12.1 Å². The number of rotatable bonds is 38. The van der Waals surface area contributed by atoms with Gasteiger partial charge in [0.05, 0.1) is 119 Å². The number of hydrogen-bond acceptors (Lipinski definition) is 13. The molecule has 0 unspecified atom stereocenters. The third kappa shape index (κ3) is 32.5. The van der Waals surface area contributed by atoms with Crippen molar-refractivity contribution in [1.82, 2.24) is 0 Å². The van der Waals surface area contributed by atoms with Gasteiger partial charge in [0, 0.05) is 12.1 Å². The van der Waals surface area contributed by atoms with Gasteiger partial charge in [0.2, 0.25) is 0 Å². The molecule has 0 atom stereocenters. The van der Waals surface area contributed by atoms with Crippen LogP contribution >= 0.6 is 0 Å². The zero-order valence-electron chi connectivity index (χ0n) is 29.4. The molecule has 13 heteroatoms. The van der Waals surface area contributed by atoms with Gasteiger partial charge in [-0.2, -0.15) is 0 Å². The zero-order valence-corrected chi connectivity index (χ0v) is 29.4. The Morgan fingerprint density at radius 3 is 1.19 bits per heavy atom. The standard InChI is InChI=1S/C35H63NO12/c1-2-3-4-5-6-7-8-35(37)48-32-30-46-28-26-44-24-22-42-20-18-40-16-14-38-13-15-39-17-19-41-21-23-43-25-27-45-29-31-47-34-11-9-33(36)10-12-34/h9-12H,2-8,13-32,36H2,1H3. The third-order valence-corrected chi connectivity index (χ3v) is 6.58. The highest BCUT2D eigenvalue weighted by molar-refractivity contribution is 5.69. The minimum atomic E-state index is -0.144. The van der Waals surface area contributed by atoms with Crippen LogP contribution < -0.4 is 10.5 Å². The van der Waals surface area contributed by atoms with Crippen molar-refractivity contribution < 1.29 is 56.9 Å². The number of anilines is 1. The second kappa shape index (κ2) is 36.2. The Morgan fingerprint density at radius 2 is 0.792 bits per heavy atom. The maximum absolute atomic E-state index is 11.7. The maximum Gasteiger partial charge on any atom is 0.305 e. The lowest BCUT2D eigenvalue weighted by atomic mass is 10.1. The molecule has 0 spiro atoms. The van der Waals surface area contributed by atoms with Gasteiger partial charge in [-0.15, -0.1) is 0 Å². The zero-order chi connectivity index (χ0) is 34.4. The molecule has 0 radical (unpaired) electrons. The number of carbonyl (C=O) groups excluding carboxylic acids is 1. The quantitative estimate of drug-likeness (QED) is 0.0605. The molecule has 13 nitrogen and oxygen atoms in total. The number of benzene rings is 1. The first-order valence-corrected chi connectivity index (χ1v) is 17.6. The van der Waals surface area contributed by atoms with Crippen molar-refractivity contribution in [2.45, 2.75) is 51.9 Å². The van der Waals surface area contributed by atoms with E-state index in [4.69, 9.17) is 57.8 Å². The molecule has 0 heterocycles. The van der Waals surface area contributed by atoms with E-state index >= 15 is 0 Å². The van der Waals surface area contributed by atoms with Gasteiger partial charge >= 0.3 is 5.97 Å². The summed E-state index contributed by atoms with van der Waals surface area (Å²) in [6.45, 7) is 11.7. The van der Waals surface area contributed by atoms with E-state index in [2.05, 4.69) is 6.92 Å². The molecular formula is C35H63NO12. The van der Waals surface area contributed by atoms with Crippen molar-refractivity contribution in [2.24, 2.45) is 0 Å². The largest absolute Gasteiger partial charge is 0.491 e. The molecule has 48 heavy (non-hydrogen) atoms. The van der Waals surface area contributed by atoms with Crippen LogP contribution in [0.15, 0.2) is 24.3 Å². The smallest absolute Gasteiger partial charge is 0.305 e. The molecule has 0 aliphatic rings. The van der Waals surface area contributed by atoms with Crippen molar-refractivity contribution >= 4 is 11.7 Å². The first-order valence-electron chi connectivity index (χ1n) is 17.6. The average molecular weight is 690 g/mol. The van der Waals surface area contributed by atoms with E-state index in [1.165, 1.54) is 25.7 Å². The third-order valence-electron chi connectivity index (χ3n) is 6.58. The van der Waals surface area contributed by atoms with Crippen LogP contribution in [0.1, 0.15) is 51.9 Å². The highest BCUT2D eigenvalue weighted by atomic mass is 16.6. The molecule has 1 rings (SSSR count). The Balaban J connectivity index is 1.64. The predicted molar refractivity (Wildman–Crippen MR) is 183 cm³/mol. The fourth-order valence-electron chi connectivity index (χ4n) is 3.98. The molecule has 2 N–H and O–H groups in total. The number of ether oxygens (including phenoxy) is 11. The molecule has 0 saturated carbocycles. The monoisotopic (exact) mass is 689 g/mol. The van der Waals surface area contributed by atoms with Crippen molar-refractivity contribution in [2.75, 3.05) is 138 Å². The van der Waals surface area contributed by atoms with E-state index in [0.29, 0.717) is 138 Å². The predicted octanol–water partition coefficient (Wildman–Crippen LogP) is 4.09. The summed E-state index contributed by atoms with van der Waals surface area (Å²) >= 11 is 0. The summed E-state index contributed by atoms with van der Waals surface area (Å²) in [4.78, 5) is 11.7. The Labute approximate surface area is 288 Å². The van der Waals surface area contributed by atoms with E-state index in [9.17, 15) is 4.79 Å². The fraction of sp³-hybridized carbons (Fsp3) is 0.800. The lowest BCUT2D eigenvalue weighted by molar-refractivity contribution is -0.145. The molecule has 1 aromatic carbocycles. The minimum absolute atomic E-state index is 0.144. The molecule has 0 bridgehead atoms. The Morgan fingerprint density at radius 1 is 0.458 bits per heavy atom. The molecule has 0 fully saturated rings. The Kier molecular flexibility index (Phi) is 33.2. The van der Waals surface area contributed by atoms with Crippen molar-refractivity contribution in [1.29, 1.82) is 0 Å². The second-order valence-electron chi connectivity index (χ2n) is 10.7. The summed E-state index contributed by atoms with van der Waals surface area (Å²) in [7, 11) is 0. The van der Waals surface area contributed by atoms with Gasteiger partial charge in [-0.3, -0.25) is 4.79 Å². The van der Waals surface area contributed by atoms with Crippen molar-refractivity contribution in [3.8, 4) is 5.75 Å². The van der Waals surface area contributed by atoms with Gasteiger partial charge in [-0.05, 0) is 30.7 Å². The van der Waals surface area contributed by atoms with Crippen LogP contribution in [-0.2, 0) is 52.2 Å². The molecule has 0 amide bonds. The van der Waals surface area contributed by atoms with Crippen LogP contribution in [0, 0.1) is 0 Å². The van der Waals surface area contributed by atoms with E-state index < -0.39 is 0 Å². The van der Waals surface area contributed by atoms with Crippen molar-refractivity contribution in [3.63, 3.8) is 0 Å². The van der Waals surface area contributed by atoms with Gasteiger partial charge in [0.15, 0.2) is 0 Å². The second-order valence-corrected chi connectivity index (χ2v) is 10.7. The number of nitrogens with two attached hydrogens (primary N) is 1. The summed E-state index contributed by atoms with van der Waals surface area (Å²) in [6.07, 6.45) is 7.42. The number of carbonyl (C=O) groups is 1. The van der Waals surface area contributed by atoms with Gasteiger partial charge < -0.3 is 57.8 Å². The summed E-state index contributed by atoms with van der Waals surface area (Å²) in [5.74, 6) is 0.626. The highest BCUT2D eigenvalue weighted by Gasteiger charge is 2.03. The van der Waals surface area contributed by atoms with Crippen LogP contribution in [-0.4, -0.2) is 138 Å². The molecule has 280 valence electrons. The van der Waals surface area contributed by atoms with Crippen LogP contribution in [0.25, 0.3) is 0 Å². The van der Waals surface area contributed by atoms with Crippen molar-refractivity contribution in [3.05, 3.63) is 24.3 Å². The first kappa shape index (κ1) is 44.0.